The van der Waals surface area contributed by atoms with Crippen molar-refractivity contribution < 1.29 is 0 Å². The van der Waals surface area contributed by atoms with Crippen LogP contribution in [0.3, 0.4) is 0 Å². The lowest BCUT2D eigenvalue weighted by molar-refractivity contribution is 0.688. The summed E-state index contributed by atoms with van der Waals surface area (Å²) in [7, 11) is 1.95. The van der Waals surface area contributed by atoms with Gasteiger partial charge in [0.15, 0.2) is 0 Å². The van der Waals surface area contributed by atoms with Gasteiger partial charge in [-0.05, 0) is 65.4 Å². The Morgan fingerprint density at radius 2 is 1.90 bits per heavy atom. The summed E-state index contributed by atoms with van der Waals surface area (Å²) in [5.41, 5.74) is 5.13. The molecule has 3 N–H and O–H groups in total. The number of imidazole rings is 1. The largest absolute Gasteiger partial charge is 0.323 e. The van der Waals surface area contributed by atoms with E-state index in [9.17, 15) is 4.79 Å². The van der Waals surface area contributed by atoms with E-state index < -0.39 is 0 Å². The first-order chi connectivity index (χ1) is 10.1. The maximum absolute atomic E-state index is 11.4. The molecule has 1 atom stereocenters. The fourth-order valence-corrected chi connectivity index (χ4v) is 3.30. The molecule has 3 aromatic rings. The average molecular weight is 393 g/mol. The van der Waals surface area contributed by atoms with Crippen molar-refractivity contribution >= 4 is 33.6 Å². The molecule has 3 rings (SSSR count). The van der Waals surface area contributed by atoms with Crippen LogP contribution in [0.5, 0.6) is 0 Å². The lowest BCUT2D eigenvalue weighted by Crippen LogP contribution is -2.19. The maximum atomic E-state index is 11.4. The Hall–Kier alpha value is -1.60. The molecular formula is C16H16IN3O. The minimum atomic E-state index is -0.173. The molecule has 0 bridgehead atoms. The SMILES string of the molecule is CNC(c1ccc2[nH]c(=O)[nH]c2c1)c1cccc(C)c1I. The van der Waals surface area contributed by atoms with Gasteiger partial charge in [0, 0.05) is 3.57 Å². The third-order valence-electron chi connectivity index (χ3n) is 3.69. The van der Waals surface area contributed by atoms with E-state index in [0.717, 1.165) is 16.6 Å². The topological polar surface area (TPSA) is 60.7 Å². The Bertz CT molecular complexity index is 850. The van der Waals surface area contributed by atoms with Crippen molar-refractivity contribution in [3.8, 4) is 0 Å². The Morgan fingerprint density at radius 3 is 2.67 bits per heavy atom. The summed E-state index contributed by atoms with van der Waals surface area (Å²) in [6.45, 7) is 2.12. The average Bonchev–Trinajstić information content (AvgIpc) is 2.83. The molecule has 0 fully saturated rings. The van der Waals surface area contributed by atoms with Crippen molar-refractivity contribution in [2.75, 3.05) is 7.05 Å². The molecule has 0 aliphatic carbocycles. The number of H-pyrrole nitrogens is 2. The fraction of sp³-hybridized carbons (Fsp3) is 0.188. The van der Waals surface area contributed by atoms with Crippen molar-refractivity contribution in [3.05, 3.63) is 67.1 Å². The van der Waals surface area contributed by atoms with Gasteiger partial charge < -0.3 is 15.3 Å². The van der Waals surface area contributed by atoms with Gasteiger partial charge in [0.25, 0.3) is 0 Å². The predicted octanol–water partition coefficient (Wildman–Crippen LogP) is 3.08. The van der Waals surface area contributed by atoms with Crippen molar-refractivity contribution in [1.29, 1.82) is 0 Å². The van der Waals surface area contributed by atoms with Crippen LogP contribution in [-0.4, -0.2) is 17.0 Å². The van der Waals surface area contributed by atoms with Gasteiger partial charge in [-0.3, -0.25) is 0 Å². The van der Waals surface area contributed by atoms with E-state index >= 15 is 0 Å². The smallest absolute Gasteiger partial charge is 0.309 e. The molecule has 2 aromatic carbocycles. The lowest BCUT2D eigenvalue weighted by Gasteiger charge is -2.19. The number of aryl methyl sites for hydroxylation is 1. The molecule has 0 aliphatic rings. The molecule has 0 radical (unpaired) electrons. The van der Waals surface area contributed by atoms with Gasteiger partial charge in [-0.25, -0.2) is 4.79 Å². The number of rotatable bonds is 3. The number of aromatic nitrogens is 2. The maximum Gasteiger partial charge on any atom is 0.323 e. The van der Waals surface area contributed by atoms with E-state index in [4.69, 9.17) is 0 Å². The summed E-state index contributed by atoms with van der Waals surface area (Å²) >= 11 is 2.39. The van der Waals surface area contributed by atoms with Gasteiger partial charge in [0.05, 0.1) is 17.1 Å². The van der Waals surface area contributed by atoms with Crippen LogP contribution in [0.1, 0.15) is 22.7 Å². The summed E-state index contributed by atoms with van der Waals surface area (Å²) in [6.07, 6.45) is 0. The molecule has 0 saturated heterocycles. The molecule has 4 nitrogen and oxygen atoms in total. The number of benzene rings is 2. The number of hydrogen-bond acceptors (Lipinski definition) is 2. The first kappa shape index (κ1) is 14.3. The molecule has 21 heavy (non-hydrogen) atoms. The first-order valence-electron chi connectivity index (χ1n) is 6.74. The van der Waals surface area contributed by atoms with Crippen molar-refractivity contribution in [1.82, 2.24) is 15.3 Å². The number of fused-ring (bicyclic) bond motifs is 1. The number of hydrogen-bond donors (Lipinski definition) is 3. The lowest BCUT2D eigenvalue weighted by atomic mass is 9.97. The third kappa shape index (κ3) is 2.63. The van der Waals surface area contributed by atoms with E-state index in [0.29, 0.717) is 0 Å². The zero-order valence-electron chi connectivity index (χ0n) is 11.8. The van der Waals surface area contributed by atoms with Crippen LogP contribution in [-0.2, 0) is 0 Å². The second kappa shape index (κ2) is 5.65. The highest BCUT2D eigenvalue weighted by atomic mass is 127. The standard InChI is InChI=1S/C16H16IN3O/c1-9-4-3-5-11(14(9)17)15(18-2)10-6-7-12-13(8-10)20-16(21)19-12/h3-8,15,18H,1-2H3,(H2,19,20,21). The Kier molecular flexibility index (Phi) is 3.86. The Morgan fingerprint density at radius 1 is 1.14 bits per heavy atom. The first-order valence-corrected chi connectivity index (χ1v) is 7.82. The summed E-state index contributed by atoms with van der Waals surface area (Å²) in [5, 5.41) is 3.37. The molecule has 1 heterocycles. The molecule has 5 heteroatoms. The van der Waals surface area contributed by atoms with Crippen LogP contribution in [0.25, 0.3) is 11.0 Å². The van der Waals surface area contributed by atoms with Crippen molar-refractivity contribution in [2.24, 2.45) is 0 Å². The minimum absolute atomic E-state index is 0.0969. The zero-order chi connectivity index (χ0) is 15.0. The monoisotopic (exact) mass is 393 g/mol. The second-order valence-electron chi connectivity index (χ2n) is 5.08. The van der Waals surface area contributed by atoms with E-state index in [-0.39, 0.29) is 11.7 Å². The number of halogens is 1. The molecule has 0 saturated carbocycles. The van der Waals surface area contributed by atoms with Crippen LogP contribution < -0.4 is 11.0 Å². The van der Waals surface area contributed by atoms with Crippen LogP contribution in [0.15, 0.2) is 41.2 Å². The highest BCUT2D eigenvalue weighted by Gasteiger charge is 2.16. The Labute approximate surface area is 136 Å². The van der Waals surface area contributed by atoms with E-state index in [1.807, 2.05) is 25.2 Å². The van der Waals surface area contributed by atoms with Gasteiger partial charge >= 0.3 is 5.69 Å². The predicted molar refractivity (Wildman–Crippen MR) is 93.7 cm³/mol. The molecule has 108 valence electrons. The normalized spacial score (nSPS) is 12.7. The van der Waals surface area contributed by atoms with E-state index in [1.165, 1.54) is 14.7 Å². The second-order valence-corrected chi connectivity index (χ2v) is 6.16. The van der Waals surface area contributed by atoms with Gasteiger partial charge in [0.2, 0.25) is 0 Å². The summed E-state index contributed by atoms with van der Waals surface area (Å²) in [6, 6.07) is 12.4. The molecule has 1 unspecified atom stereocenters. The van der Waals surface area contributed by atoms with Crippen molar-refractivity contribution in [3.63, 3.8) is 0 Å². The van der Waals surface area contributed by atoms with Gasteiger partial charge in [-0.1, -0.05) is 24.3 Å². The number of aromatic amines is 2. The quantitative estimate of drug-likeness (QED) is 0.599. The molecule has 0 amide bonds. The van der Waals surface area contributed by atoms with Crippen LogP contribution in [0.4, 0.5) is 0 Å². The minimum Gasteiger partial charge on any atom is -0.309 e. The summed E-state index contributed by atoms with van der Waals surface area (Å²) in [4.78, 5) is 17.0. The highest BCUT2D eigenvalue weighted by Crippen LogP contribution is 2.29. The van der Waals surface area contributed by atoms with E-state index in [1.54, 1.807) is 0 Å². The fourth-order valence-electron chi connectivity index (χ4n) is 2.62. The van der Waals surface area contributed by atoms with E-state index in [2.05, 4.69) is 63.0 Å². The molecule has 0 spiro atoms. The van der Waals surface area contributed by atoms with Gasteiger partial charge in [-0.2, -0.15) is 0 Å². The van der Waals surface area contributed by atoms with Crippen LogP contribution in [0.2, 0.25) is 0 Å². The highest BCUT2D eigenvalue weighted by molar-refractivity contribution is 14.1. The van der Waals surface area contributed by atoms with Gasteiger partial charge in [0.1, 0.15) is 0 Å². The van der Waals surface area contributed by atoms with Gasteiger partial charge in [-0.15, -0.1) is 0 Å². The summed E-state index contributed by atoms with van der Waals surface area (Å²) in [5.74, 6) is 0. The molecule has 1 aromatic heterocycles. The molecule has 0 aliphatic heterocycles. The summed E-state index contributed by atoms with van der Waals surface area (Å²) < 4.78 is 1.26. The zero-order valence-corrected chi connectivity index (χ0v) is 14.0. The Balaban J connectivity index is 2.13. The van der Waals surface area contributed by atoms with Crippen LogP contribution in [0, 0.1) is 10.5 Å². The van der Waals surface area contributed by atoms with Crippen LogP contribution >= 0.6 is 22.6 Å². The molecular weight excluding hydrogens is 377 g/mol. The van der Waals surface area contributed by atoms with Crippen molar-refractivity contribution in [2.45, 2.75) is 13.0 Å². The number of nitrogens with one attached hydrogen (secondary N) is 3. The third-order valence-corrected chi connectivity index (χ3v) is 5.17.